The van der Waals surface area contributed by atoms with Crippen molar-refractivity contribution in [2.75, 3.05) is 41.9 Å². The fourth-order valence-electron chi connectivity index (χ4n) is 1.82. The lowest BCUT2D eigenvalue weighted by molar-refractivity contribution is 0.0722. The summed E-state index contributed by atoms with van der Waals surface area (Å²) in [7, 11) is 8.77. The fraction of sp³-hybridized carbons (Fsp3) is 0.529. The van der Waals surface area contributed by atoms with E-state index in [4.69, 9.17) is 4.74 Å². The Hall–Kier alpha value is -2.08. The van der Waals surface area contributed by atoms with E-state index in [0.29, 0.717) is 17.8 Å². The third-order valence-corrected chi connectivity index (χ3v) is 2.81. The molecule has 130 valence electrons. The van der Waals surface area contributed by atoms with Gasteiger partial charge in [-0.1, -0.05) is 32.0 Å². The van der Waals surface area contributed by atoms with Crippen molar-refractivity contribution in [1.82, 2.24) is 14.7 Å². The molecule has 1 aromatic carbocycles. The van der Waals surface area contributed by atoms with Crippen molar-refractivity contribution in [3.63, 3.8) is 0 Å². The average molecular weight is 323 g/mol. The molecule has 0 aliphatic carbocycles. The minimum Gasteiger partial charge on any atom is -0.445 e. The van der Waals surface area contributed by atoms with Crippen LogP contribution in [0.25, 0.3) is 0 Å². The highest BCUT2D eigenvalue weighted by molar-refractivity contribution is 5.95. The molecule has 23 heavy (non-hydrogen) atoms. The summed E-state index contributed by atoms with van der Waals surface area (Å²) in [6.45, 7) is 4.60. The molecule has 0 atom stereocenters. The van der Waals surface area contributed by atoms with Crippen molar-refractivity contribution in [3.8, 4) is 0 Å². The van der Waals surface area contributed by atoms with Gasteiger partial charge in [0.15, 0.2) is 0 Å². The van der Waals surface area contributed by atoms with Crippen LogP contribution in [-0.4, -0.2) is 68.6 Å². The van der Waals surface area contributed by atoms with Crippen molar-refractivity contribution < 1.29 is 14.3 Å². The van der Waals surface area contributed by atoms with E-state index < -0.39 is 6.09 Å². The zero-order valence-corrected chi connectivity index (χ0v) is 15.3. The summed E-state index contributed by atoms with van der Waals surface area (Å²) in [5.74, 6) is -0.0970. The highest BCUT2D eigenvalue weighted by Crippen LogP contribution is 2.13. The van der Waals surface area contributed by atoms with E-state index in [-0.39, 0.29) is 12.5 Å². The SMILES string of the molecule is CC.CN(C)CN(C)C(=O)c1ccccc1COC(=O)N(C)C. The van der Waals surface area contributed by atoms with Crippen molar-refractivity contribution in [2.45, 2.75) is 20.5 Å². The van der Waals surface area contributed by atoms with E-state index in [1.54, 1.807) is 44.2 Å². The molecule has 1 rings (SSSR count). The number of carbonyl (C=O) groups excluding carboxylic acids is 2. The lowest BCUT2D eigenvalue weighted by Crippen LogP contribution is -2.35. The molecule has 0 spiro atoms. The quantitative estimate of drug-likeness (QED) is 0.781. The van der Waals surface area contributed by atoms with Gasteiger partial charge in [-0.15, -0.1) is 0 Å². The molecule has 0 saturated carbocycles. The van der Waals surface area contributed by atoms with Gasteiger partial charge in [0.1, 0.15) is 6.61 Å². The first-order valence-electron chi connectivity index (χ1n) is 7.65. The van der Waals surface area contributed by atoms with Crippen LogP contribution in [0, 0.1) is 0 Å². The van der Waals surface area contributed by atoms with Crippen molar-refractivity contribution in [1.29, 1.82) is 0 Å². The highest BCUT2D eigenvalue weighted by atomic mass is 16.6. The zero-order valence-electron chi connectivity index (χ0n) is 15.3. The van der Waals surface area contributed by atoms with Crippen LogP contribution < -0.4 is 0 Å². The van der Waals surface area contributed by atoms with Crippen LogP contribution in [0.4, 0.5) is 4.79 Å². The largest absolute Gasteiger partial charge is 0.445 e. The number of benzene rings is 1. The third-order valence-electron chi connectivity index (χ3n) is 2.81. The van der Waals surface area contributed by atoms with E-state index in [0.717, 1.165) is 0 Å². The fourth-order valence-corrected chi connectivity index (χ4v) is 1.82. The topological polar surface area (TPSA) is 53.1 Å². The lowest BCUT2D eigenvalue weighted by Gasteiger charge is -2.22. The van der Waals surface area contributed by atoms with Gasteiger partial charge in [0, 0.05) is 32.3 Å². The number of amides is 2. The Morgan fingerprint density at radius 1 is 1.00 bits per heavy atom. The maximum atomic E-state index is 12.4. The Labute approximate surface area is 139 Å². The standard InChI is InChI=1S/C15H23N3O3.C2H6/c1-16(2)11-18(5)14(19)13-9-7-6-8-12(13)10-21-15(20)17(3)4;1-2/h6-9H,10-11H2,1-5H3;1-2H3. The molecule has 0 bridgehead atoms. The van der Waals surface area contributed by atoms with Gasteiger partial charge in [-0.2, -0.15) is 0 Å². The monoisotopic (exact) mass is 323 g/mol. The van der Waals surface area contributed by atoms with Gasteiger partial charge >= 0.3 is 6.09 Å². The molecule has 6 nitrogen and oxygen atoms in total. The van der Waals surface area contributed by atoms with Gasteiger partial charge in [-0.25, -0.2) is 4.79 Å². The van der Waals surface area contributed by atoms with E-state index in [9.17, 15) is 9.59 Å². The number of carbonyl (C=O) groups is 2. The van der Waals surface area contributed by atoms with E-state index in [1.165, 1.54) is 4.90 Å². The average Bonchev–Trinajstić information content (AvgIpc) is 2.53. The second-order valence-corrected chi connectivity index (χ2v) is 5.33. The second kappa shape index (κ2) is 10.6. The number of rotatable bonds is 5. The molecule has 0 unspecified atom stereocenters. The van der Waals surface area contributed by atoms with Crippen LogP contribution in [0.1, 0.15) is 29.8 Å². The Balaban J connectivity index is 0.00000232. The minimum absolute atomic E-state index is 0.0781. The predicted octanol–water partition coefficient (Wildman–Crippen LogP) is 2.50. The molecule has 2 amide bonds. The van der Waals surface area contributed by atoms with Crippen LogP contribution in [-0.2, 0) is 11.3 Å². The summed E-state index contributed by atoms with van der Waals surface area (Å²) in [5, 5.41) is 0. The number of ether oxygens (including phenoxy) is 1. The molecule has 0 saturated heterocycles. The first-order chi connectivity index (χ1) is 10.8. The van der Waals surface area contributed by atoms with Gasteiger partial charge in [0.05, 0.1) is 6.67 Å². The maximum absolute atomic E-state index is 12.4. The van der Waals surface area contributed by atoms with Gasteiger partial charge in [0.2, 0.25) is 0 Å². The summed E-state index contributed by atoms with van der Waals surface area (Å²) >= 11 is 0. The first-order valence-corrected chi connectivity index (χ1v) is 7.65. The van der Waals surface area contributed by atoms with E-state index in [2.05, 4.69) is 0 Å². The van der Waals surface area contributed by atoms with Gasteiger partial charge in [0.25, 0.3) is 5.91 Å². The molecule has 0 aromatic heterocycles. The number of hydrogen-bond acceptors (Lipinski definition) is 4. The normalized spacial score (nSPS) is 9.74. The first kappa shape index (κ1) is 20.9. The smallest absolute Gasteiger partial charge is 0.409 e. The number of hydrogen-bond donors (Lipinski definition) is 0. The summed E-state index contributed by atoms with van der Waals surface area (Å²) in [6, 6.07) is 7.16. The van der Waals surface area contributed by atoms with Gasteiger partial charge in [-0.3, -0.25) is 9.69 Å². The maximum Gasteiger partial charge on any atom is 0.409 e. The molecule has 1 aromatic rings. The Morgan fingerprint density at radius 2 is 1.57 bits per heavy atom. The van der Waals surface area contributed by atoms with Crippen LogP contribution in [0.3, 0.4) is 0 Å². The Morgan fingerprint density at radius 3 is 2.09 bits per heavy atom. The molecule has 0 fully saturated rings. The van der Waals surface area contributed by atoms with Gasteiger partial charge in [-0.05, 0) is 20.2 Å². The summed E-state index contributed by atoms with van der Waals surface area (Å²) in [4.78, 5) is 28.8. The molecule has 0 aliphatic heterocycles. The number of nitrogens with zero attached hydrogens (tertiary/aromatic N) is 3. The lowest BCUT2D eigenvalue weighted by atomic mass is 10.1. The minimum atomic E-state index is -0.432. The van der Waals surface area contributed by atoms with Crippen LogP contribution in [0.2, 0.25) is 0 Å². The van der Waals surface area contributed by atoms with Crippen molar-refractivity contribution in [3.05, 3.63) is 35.4 Å². The molecule has 0 N–H and O–H groups in total. The van der Waals surface area contributed by atoms with Crippen LogP contribution in [0.5, 0.6) is 0 Å². The van der Waals surface area contributed by atoms with E-state index >= 15 is 0 Å². The molecule has 0 heterocycles. The third kappa shape index (κ3) is 7.15. The molecular formula is C17H29N3O3. The highest BCUT2D eigenvalue weighted by Gasteiger charge is 2.17. The molecule has 0 radical (unpaired) electrons. The van der Waals surface area contributed by atoms with E-state index in [1.807, 2.05) is 38.9 Å². The summed E-state index contributed by atoms with van der Waals surface area (Å²) in [6.07, 6.45) is -0.432. The van der Waals surface area contributed by atoms with Crippen molar-refractivity contribution in [2.24, 2.45) is 0 Å². The summed E-state index contributed by atoms with van der Waals surface area (Å²) in [5.41, 5.74) is 1.25. The molecule has 0 aliphatic rings. The molecule has 6 heteroatoms. The predicted molar refractivity (Wildman–Crippen MR) is 92.3 cm³/mol. The zero-order chi connectivity index (χ0) is 18.0. The van der Waals surface area contributed by atoms with Crippen molar-refractivity contribution >= 4 is 12.0 Å². The van der Waals surface area contributed by atoms with Crippen LogP contribution in [0.15, 0.2) is 24.3 Å². The second-order valence-electron chi connectivity index (χ2n) is 5.33. The summed E-state index contributed by atoms with van der Waals surface area (Å²) < 4.78 is 5.15. The Bertz CT molecular complexity index is 502. The molecular weight excluding hydrogens is 294 g/mol. The van der Waals surface area contributed by atoms with Crippen LogP contribution >= 0.6 is 0 Å². The Kier molecular flexibility index (Phi) is 9.65. The van der Waals surface area contributed by atoms with Gasteiger partial charge < -0.3 is 14.5 Å².